The summed E-state index contributed by atoms with van der Waals surface area (Å²) >= 11 is 1.18. The van der Waals surface area contributed by atoms with E-state index in [9.17, 15) is 14.4 Å². The van der Waals surface area contributed by atoms with Crippen molar-refractivity contribution in [3.8, 4) is 22.8 Å². The van der Waals surface area contributed by atoms with Crippen molar-refractivity contribution in [3.05, 3.63) is 102 Å². The van der Waals surface area contributed by atoms with Gasteiger partial charge >= 0.3 is 11.9 Å². The molecule has 228 valence electrons. The Labute approximate surface area is 257 Å². The lowest BCUT2D eigenvalue weighted by atomic mass is 9.95. The molecule has 1 aliphatic heterocycles. The number of allylic oxidation sites excluding steroid dienone is 1. The standard InChI is InChI=1S/C33H32N2O8S/c1-7-41-32(38)28-19(4)34-33-35(29(28)20-12-14-25(42-18(2)3)26(16-20)39-5)30(36)27(44-33)17-21-13-15-24(43-21)22-10-8-9-11-23(22)31(37)40-6/h8-18,29H,7H2,1-6H3. The lowest BCUT2D eigenvalue weighted by molar-refractivity contribution is -0.139. The molecule has 0 aliphatic carbocycles. The van der Waals surface area contributed by atoms with Crippen LogP contribution in [0.1, 0.15) is 55.4 Å². The molecule has 0 saturated carbocycles. The molecule has 44 heavy (non-hydrogen) atoms. The average Bonchev–Trinajstić information content (AvgIpc) is 3.60. The maximum Gasteiger partial charge on any atom is 0.338 e. The molecule has 0 fully saturated rings. The van der Waals surface area contributed by atoms with Gasteiger partial charge in [0.05, 0.1) is 54.3 Å². The number of nitrogens with zero attached hydrogens (tertiary/aromatic N) is 2. The highest BCUT2D eigenvalue weighted by molar-refractivity contribution is 7.07. The summed E-state index contributed by atoms with van der Waals surface area (Å²) in [5, 5.41) is 0. The maximum absolute atomic E-state index is 14.0. The molecule has 1 aliphatic rings. The summed E-state index contributed by atoms with van der Waals surface area (Å²) < 4.78 is 29.7. The largest absolute Gasteiger partial charge is 0.493 e. The highest BCUT2D eigenvalue weighted by Crippen LogP contribution is 2.36. The molecule has 3 heterocycles. The van der Waals surface area contributed by atoms with E-state index >= 15 is 0 Å². The lowest BCUT2D eigenvalue weighted by Gasteiger charge is -2.25. The van der Waals surface area contributed by atoms with E-state index in [0.717, 1.165) is 0 Å². The van der Waals surface area contributed by atoms with Gasteiger partial charge in [0.1, 0.15) is 11.5 Å². The fraction of sp³-hybridized carbons (Fsp3) is 0.273. The second kappa shape index (κ2) is 12.8. The van der Waals surface area contributed by atoms with Crippen LogP contribution in [0.3, 0.4) is 0 Å². The van der Waals surface area contributed by atoms with Crippen molar-refractivity contribution >= 4 is 29.4 Å². The molecule has 0 spiro atoms. The number of esters is 2. The number of hydrogen-bond donors (Lipinski definition) is 0. The third kappa shape index (κ3) is 5.83. The third-order valence-electron chi connectivity index (χ3n) is 6.88. The third-order valence-corrected chi connectivity index (χ3v) is 7.86. The Morgan fingerprint density at radius 2 is 1.84 bits per heavy atom. The number of methoxy groups -OCH3 is 2. The topological polar surface area (TPSA) is 119 Å². The number of furan rings is 1. The number of hydrogen-bond acceptors (Lipinski definition) is 10. The van der Waals surface area contributed by atoms with Gasteiger partial charge in [0, 0.05) is 11.6 Å². The number of carbonyl (C=O) groups excluding carboxylic acids is 2. The Bertz CT molecular complexity index is 1950. The van der Waals surface area contributed by atoms with E-state index in [1.807, 2.05) is 13.8 Å². The SMILES string of the molecule is CCOC(=O)C1=C(C)N=c2sc(=Cc3ccc(-c4ccccc4C(=O)OC)o3)c(=O)n2C1c1ccc(OC(C)C)c(OC)c1. The van der Waals surface area contributed by atoms with Crippen molar-refractivity contribution in [2.45, 2.75) is 39.8 Å². The van der Waals surface area contributed by atoms with Gasteiger partial charge in [-0.25, -0.2) is 14.6 Å². The molecule has 4 aromatic rings. The first-order valence-electron chi connectivity index (χ1n) is 14.0. The van der Waals surface area contributed by atoms with Crippen LogP contribution < -0.4 is 24.4 Å². The van der Waals surface area contributed by atoms with Gasteiger partial charge in [-0.15, -0.1) is 0 Å². The highest BCUT2D eigenvalue weighted by atomic mass is 32.1. The maximum atomic E-state index is 14.0. The molecule has 0 amide bonds. The van der Waals surface area contributed by atoms with Gasteiger partial charge in [0.15, 0.2) is 16.3 Å². The first kappa shape index (κ1) is 30.6. The van der Waals surface area contributed by atoms with Crippen LogP contribution in [0.5, 0.6) is 11.5 Å². The van der Waals surface area contributed by atoms with Crippen molar-refractivity contribution in [2.75, 3.05) is 20.8 Å². The number of fused-ring (bicyclic) bond motifs is 1. The van der Waals surface area contributed by atoms with E-state index in [1.165, 1.54) is 30.1 Å². The van der Waals surface area contributed by atoms with Gasteiger partial charge in [0.25, 0.3) is 5.56 Å². The number of rotatable bonds is 9. The van der Waals surface area contributed by atoms with Gasteiger partial charge in [-0.1, -0.05) is 35.6 Å². The first-order valence-corrected chi connectivity index (χ1v) is 14.8. The van der Waals surface area contributed by atoms with Crippen LogP contribution in [0.2, 0.25) is 0 Å². The molecule has 0 N–H and O–H groups in total. The van der Waals surface area contributed by atoms with Crippen molar-refractivity contribution < 1.29 is 33.0 Å². The highest BCUT2D eigenvalue weighted by Gasteiger charge is 2.34. The van der Waals surface area contributed by atoms with Gasteiger partial charge in [0.2, 0.25) is 0 Å². The van der Waals surface area contributed by atoms with Crippen LogP contribution in [0.15, 0.2) is 80.1 Å². The summed E-state index contributed by atoms with van der Waals surface area (Å²) in [4.78, 5) is 44.6. The Morgan fingerprint density at radius 1 is 1.07 bits per heavy atom. The quantitative estimate of drug-likeness (QED) is 0.250. The molecule has 0 bridgehead atoms. The predicted molar refractivity (Wildman–Crippen MR) is 165 cm³/mol. The zero-order valence-corrected chi connectivity index (χ0v) is 26.0. The van der Waals surface area contributed by atoms with Crippen LogP contribution in [0.25, 0.3) is 17.4 Å². The summed E-state index contributed by atoms with van der Waals surface area (Å²) in [6.45, 7) is 7.44. The number of thiazole rings is 1. The molecule has 10 nitrogen and oxygen atoms in total. The summed E-state index contributed by atoms with van der Waals surface area (Å²) in [6, 6.07) is 14.9. The van der Waals surface area contributed by atoms with E-state index in [0.29, 0.717) is 54.7 Å². The van der Waals surface area contributed by atoms with E-state index in [1.54, 1.807) is 74.5 Å². The van der Waals surface area contributed by atoms with Crippen LogP contribution in [0, 0.1) is 0 Å². The summed E-state index contributed by atoms with van der Waals surface area (Å²) in [6.07, 6.45) is 1.54. The second-order valence-electron chi connectivity index (χ2n) is 10.1. The average molecular weight is 617 g/mol. The number of aromatic nitrogens is 1. The van der Waals surface area contributed by atoms with E-state index in [2.05, 4.69) is 4.99 Å². The Kier molecular flexibility index (Phi) is 8.86. The Morgan fingerprint density at radius 3 is 2.55 bits per heavy atom. The molecular weight excluding hydrogens is 584 g/mol. The molecule has 11 heteroatoms. The molecular formula is C33H32N2O8S. The molecule has 1 atom stereocenters. The molecule has 1 unspecified atom stereocenters. The second-order valence-corrected chi connectivity index (χ2v) is 11.1. The predicted octanol–water partition coefficient (Wildman–Crippen LogP) is 4.64. The number of carbonyl (C=O) groups is 2. The Balaban J connectivity index is 1.64. The van der Waals surface area contributed by atoms with Crippen molar-refractivity contribution in [1.29, 1.82) is 0 Å². The molecule has 5 rings (SSSR count). The van der Waals surface area contributed by atoms with Crippen molar-refractivity contribution in [3.63, 3.8) is 0 Å². The van der Waals surface area contributed by atoms with Gasteiger partial charge in [-0.3, -0.25) is 9.36 Å². The van der Waals surface area contributed by atoms with E-state index < -0.39 is 18.0 Å². The lowest BCUT2D eigenvalue weighted by Crippen LogP contribution is -2.40. The van der Waals surface area contributed by atoms with Crippen molar-refractivity contribution in [1.82, 2.24) is 4.57 Å². The molecule has 2 aromatic carbocycles. The van der Waals surface area contributed by atoms with Crippen LogP contribution in [-0.2, 0) is 14.3 Å². The van der Waals surface area contributed by atoms with Crippen LogP contribution in [0.4, 0.5) is 0 Å². The van der Waals surface area contributed by atoms with Gasteiger partial charge < -0.3 is 23.4 Å². The summed E-state index contributed by atoms with van der Waals surface area (Å²) in [7, 11) is 2.85. The molecule has 2 aromatic heterocycles. The number of benzene rings is 2. The molecule has 0 saturated heterocycles. The van der Waals surface area contributed by atoms with E-state index in [-0.39, 0.29) is 23.8 Å². The fourth-order valence-corrected chi connectivity index (χ4v) is 6.03. The van der Waals surface area contributed by atoms with Crippen LogP contribution >= 0.6 is 11.3 Å². The number of ether oxygens (including phenoxy) is 4. The zero-order chi connectivity index (χ0) is 31.5. The zero-order valence-electron chi connectivity index (χ0n) is 25.2. The first-order chi connectivity index (χ1) is 21.2. The minimum Gasteiger partial charge on any atom is -0.493 e. The normalized spacial score (nSPS) is 14.7. The Hall–Kier alpha value is -4.90. The fourth-order valence-electron chi connectivity index (χ4n) is 5.00. The minimum atomic E-state index is -0.825. The van der Waals surface area contributed by atoms with E-state index in [4.69, 9.17) is 23.4 Å². The monoisotopic (exact) mass is 616 g/mol. The van der Waals surface area contributed by atoms with Gasteiger partial charge in [-0.2, -0.15) is 0 Å². The van der Waals surface area contributed by atoms with Gasteiger partial charge in [-0.05, 0) is 63.6 Å². The minimum absolute atomic E-state index is 0.0827. The molecule has 0 radical (unpaired) electrons. The smallest absolute Gasteiger partial charge is 0.338 e. The summed E-state index contributed by atoms with van der Waals surface area (Å²) in [5.74, 6) is 0.805. The summed E-state index contributed by atoms with van der Waals surface area (Å²) in [5.41, 5.74) is 1.89. The van der Waals surface area contributed by atoms with Crippen molar-refractivity contribution in [2.24, 2.45) is 4.99 Å². The van der Waals surface area contributed by atoms with Crippen LogP contribution in [-0.4, -0.2) is 43.4 Å².